The minimum atomic E-state index is -0.662. The van der Waals surface area contributed by atoms with E-state index in [0.717, 1.165) is 5.57 Å². The molecule has 1 saturated heterocycles. The quantitative estimate of drug-likeness (QED) is 0.766. The lowest BCUT2D eigenvalue weighted by Gasteiger charge is -2.27. The third-order valence-corrected chi connectivity index (χ3v) is 3.42. The molecule has 0 radical (unpaired) electrons. The van der Waals surface area contributed by atoms with E-state index in [1.807, 2.05) is 34.6 Å². The maximum atomic E-state index is 10.1. The molecule has 2 rings (SSSR count). The van der Waals surface area contributed by atoms with Crippen LogP contribution in [0.15, 0.2) is 12.2 Å². The van der Waals surface area contributed by atoms with Gasteiger partial charge in [-0.2, -0.15) is 0 Å². The first-order valence-corrected chi connectivity index (χ1v) is 6.47. The third-order valence-electron chi connectivity index (χ3n) is 3.42. The Kier molecular flexibility index (Phi) is 3.35. The van der Waals surface area contributed by atoms with Crippen LogP contribution in [0.2, 0.25) is 0 Å². The molecule has 0 amide bonds. The molecule has 0 spiro atoms. The molecule has 2 fully saturated rings. The van der Waals surface area contributed by atoms with Crippen LogP contribution in [0.4, 0.5) is 0 Å². The lowest BCUT2D eigenvalue weighted by Crippen LogP contribution is -2.31. The van der Waals surface area contributed by atoms with E-state index >= 15 is 0 Å². The lowest BCUT2D eigenvalue weighted by molar-refractivity contribution is -0.163. The van der Waals surface area contributed by atoms with Crippen LogP contribution < -0.4 is 0 Å². The van der Waals surface area contributed by atoms with Crippen LogP contribution in [0.3, 0.4) is 0 Å². The minimum Gasteiger partial charge on any atom is -0.386 e. The second kappa shape index (κ2) is 4.30. The van der Waals surface area contributed by atoms with Gasteiger partial charge < -0.3 is 19.3 Å². The molecule has 0 bridgehead atoms. The number of aliphatic hydroxyl groups is 1. The molecule has 4 heteroatoms. The van der Waals surface area contributed by atoms with E-state index in [9.17, 15) is 5.11 Å². The monoisotopic (exact) mass is 256 g/mol. The van der Waals surface area contributed by atoms with Gasteiger partial charge in [-0.1, -0.05) is 6.58 Å². The van der Waals surface area contributed by atoms with Gasteiger partial charge in [0.25, 0.3) is 0 Å². The zero-order chi connectivity index (χ0) is 13.7. The summed E-state index contributed by atoms with van der Waals surface area (Å²) in [5.74, 6) is -0.650. The Morgan fingerprint density at radius 1 is 1.28 bits per heavy atom. The van der Waals surface area contributed by atoms with Crippen LogP contribution in [0.5, 0.6) is 0 Å². The maximum absolute atomic E-state index is 10.1. The summed E-state index contributed by atoms with van der Waals surface area (Å²) in [5, 5.41) is 10.1. The normalized spacial score (nSPS) is 39.1. The SMILES string of the molecule is C=C1C(O)[C@@H]2OC(C)(C)O[C@@H]2[C@H]1COC(C)(C)C. The van der Waals surface area contributed by atoms with Gasteiger partial charge >= 0.3 is 0 Å². The fraction of sp³-hybridized carbons (Fsp3) is 0.857. The van der Waals surface area contributed by atoms with Gasteiger partial charge in [0.1, 0.15) is 12.2 Å². The highest BCUT2D eigenvalue weighted by molar-refractivity contribution is 5.22. The van der Waals surface area contributed by atoms with E-state index in [0.29, 0.717) is 6.61 Å². The van der Waals surface area contributed by atoms with E-state index in [1.165, 1.54) is 0 Å². The number of rotatable bonds is 2. The van der Waals surface area contributed by atoms with E-state index in [-0.39, 0.29) is 23.7 Å². The number of ether oxygens (including phenoxy) is 3. The third kappa shape index (κ3) is 2.62. The first kappa shape index (κ1) is 14.0. The highest BCUT2D eigenvalue weighted by Gasteiger charge is 2.55. The standard InChI is InChI=1S/C14H24O4/c1-8-9(7-16-13(2,3)4)11-12(10(8)15)18-14(5,6)17-11/h9-12,15H,1,7H2,2-6H3/t9-,10?,11+,12-/m0/s1. The minimum absolute atomic E-state index is 0.00833. The van der Waals surface area contributed by atoms with Crippen molar-refractivity contribution in [2.45, 2.75) is 64.3 Å². The van der Waals surface area contributed by atoms with Gasteiger partial charge in [-0.25, -0.2) is 0 Å². The van der Waals surface area contributed by atoms with Gasteiger partial charge in [-0.3, -0.25) is 0 Å². The predicted molar refractivity (Wildman–Crippen MR) is 68.2 cm³/mol. The lowest BCUT2D eigenvalue weighted by atomic mass is 10.0. The molecule has 104 valence electrons. The van der Waals surface area contributed by atoms with Gasteiger partial charge in [0.15, 0.2) is 5.79 Å². The zero-order valence-corrected chi connectivity index (χ0v) is 11.9. The fourth-order valence-corrected chi connectivity index (χ4v) is 2.56. The van der Waals surface area contributed by atoms with Crippen molar-refractivity contribution in [3.63, 3.8) is 0 Å². The Balaban J connectivity index is 2.08. The van der Waals surface area contributed by atoms with E-state index in [1.54, 1.807) is 0 Å². The largest absolute Gasteiger partial charge is 0.386 e. The molecule has 1 N–H and O–H groups in total. The summed E-state index contributed by atoms with van der Waals surface area (Å²) in [6, 6.07) is 0. The molecule has 1 aliphatic carbocycles. The topological polar surface area (TPSA) is 47.9 Å². The van der Waals surface area contributed by atoms with Gasteiger partial charge in [-0.15, -0.1) is 0 Å². The highest BCUT2D eigenvalue weighted by Crippen LogP contribution is 2.44. The first-order valence-electron chi connectivity index (χ1n) is 6.47. The van der Waals surface area contributed by atoms with Gasteiger partial charge in [0.2, 0.25) is 0 Å². The molecule has 1 aliphatic heterocycles. The number of hydrogen-bond acceptors (Lipinski definition) is 4. The summed E-state index contributed by atoms with van der Waals surface area (Å²) in [7, 11) is 0. The van der Waals surface area contributed by atoms with Crippen molar-refractivity contribution in [3.8, 4) is 0 Å². The van der Waals surface area contributed by atoms with Gasteiger partial charge in [-0.05, 0) is 40.2 Å². The summed E-state index contributed by atoms with van der Waals surface area (Å²) in [5.41, 5.74) is 0.544. The summed E-state index contributed by atoms with van der Waals surface area (Å²) in [6.07, 6.45) is -1.14. The van der Waals surface area contributed by atoms with Crippen molar-refractivity contribution in [2.24, 2.45) is 5.92 Å². The molecule has 1 saturated carbocycles. The van der Waals surface area contributed by atoms with Gasteiger partial charge in [0, 0.05) is 5.92 Å². The van der Waals surface area contributed by atoms with Crippen LogP contribution in [-0.4, -0.2) is 41.4 Å². The smallest absolute Gasteiger partial charge is 0.163 e. The molecular weight excluding hydrogens is 232 g/mol. The van der Waals surface area contributed by atoms with Crippen LogP contribution in [0.1, 0.15) is 34.6 Å². The van der Waals surface area contributed by atoms with Crippen molar-refractivity contribution in [1.82, 2.24) is 0 Å². The van der Waals surface area contributed by atoms with Crippen molar-refractivity contribution >= 4 is 0 Å². The average molecular weight is 256 g/mol. The zero-order valence-electron chi connectivity index (χ0n) is 11.9. The van der Waals surface area contributed by atoms with Crippen LogP contribution in [0.25, 0.3) is 0 Å². The molecule has 0 aromatic carbocycles. The summed E-state index contributed by atoms with van der Waals surface area (Å²) in [6.45, 7) is 14.2. The molecule has 4 nitrogen and oxygen atoms in total. The summed E-state index contributed by atoms with van der Waals surface area (Å²) < 4.78 is 17.4. The van der Waals surface area contributed by atoms with E-state index in [2.05, 4.69) is 6.58 Å². The Labute approximate surface area is 109 Å². The average Bonchev–Trinajstić information content (AvgIpc) is 2.60. The second-order valence-corrected chi connectivity index (χ2v) is 6.61. The molecular formula is C14H24O4. The van der Waals surface area contributed by atoms with Crippen LogP contribution in [-0.2, 0) is 14.2 Å². The second-order valence-electron chi connectivity index (χ2n) is 6.61. The molecule has 18 heavy (non-hydrogen) atoms. The molecule has 4 atom stereocenters. The van der Waals surface area contributed by atoms with Crippen LogP contribution >= 0.6 is 0 Å². The molecule has 0 aromatic heterocycles. The van der Waals surface area contributed by atoms with Gasteiger partial charge in [0.05, 0.1) is 18.3 Å². The Bertz CT molecular complexity index is 342. The summed E-state index contributed by atoms with van der Waals surface area (Å²) in [4.78, 5) is 0. The van der Waals surface area contributed by atoms with Crippen molar-refractivity contribution in [1.29, 1.82) is 0 Å². The Morgan fingerprint density at radius 3 is 2.39 bits per heavy atom. The molecule has 2 aliphatic rings. The molecule has 1 heterocycles. The number of hydrogen-bond donors (Lipinski definition) is 1. The molecule has 0 aromatic rings. The fourth-order valence-electron chi connectivity index (χ4n) is 2.56. The van der Waals surface area contributed by atoms with Crippen molar-refractivity contribution < 1.29 is 19.3 Å². The summed E-state index contributed by atoms with van der Waals surface area (Å²) >= 11 is 0. The first-order chi connectivity index (χ1) is 8.11. The van der Waals surface area contributed by atoms with Crippen molar-refractivity contribution in [2.75, 3.05) is 6.61 Å². The Hall–Kier alpha value is -0.420. The Morgan fingerprint density at radius 2 is 1.83 bits per heavy atom. The highest BCUT2D eigenvalue weighted by atomic mass is 16.8. The van der Waals surface area contributed by atoms with E-state index < -0.39 is 11.9 Å². The number of aliphatic hydroxyl groups excluding tert-OH is 1. The van der Waals surface area contributed by atoms with E-state index in [4.69, 9.17) is 14.2 Å². The van der Waals surface area contributed by atoms with Crippen LogP contribution in [0, 0.1) is 5.92 Å². The maximum Gasteiger partial charge on any atom is 0.163 e. The predicted octanol–water partition coefficient (Wildman–Crippen LogP) is 1.87. The number of fused-ring (bicyclic) bond motifs is 1. The molecule has 1 unspecified atom stereocenters. The van der Waals surface area contributed by atoms with Crippen molar-refractivity contribution in [3.05, 3.63) is 12.2 Å².